The van der Waals surface area contributed by atoms with E-state index in [2.05, 4.69) is 15.0 Å². The highest BCUT2D eigenvalue weighted by Gasteiger charge is 2.12. The fourth-order valence-corrected chi connectivity index (χ4v) is 2.12. The monoisotopic (exact) mass is 299 g/mol. The Hall–Kier alpha value is -2.67. The number of nitrogen functional groups attached to an aromatic ring is 1. The molecule has 0 atom stereocenters. The van der Waals surface area contributed by atoms with Gasteiger partial charge in [0.2, 0.25) is 0 Å². The lowest BCUT2D eigenvalue weighted by atomic mass is 10.2. The number of nitrogens with two attached hydrogens (primary N) is 1. The highest BCUT2D eigenvalue weighted by atomic mass is 16.5. The lowest BCUT2D eigenvalue weighted by Crippen LogP contribution is -2.09. The summed E-state index contributed by atoms with van der Waals surface area (Å²) in [4.78, 5) is 12.8. The van der Waals surface area contributed by atoms with Gasteiger partial charge in [-0.3, -0.25) is 0 Å². The minimum Gasteiger partial charge on any atom is -0.461 e. The second-order valence-corrected chi connectivity index (χ2v) is 4.76. The van der Waals surface area contributed by atoms with Crippen molar-refractivity contribution < 1.29 is 9.47 Å². The van der Waals surface area contributed by atoms with E-state index in [4.69, 9.17) is 15.2 Å². The molecule has 3 aromatic rings. The molecule has 0 saturated carbocycles. The molecule has 22 heavy (non-hydrogen) atoms. The molecule has 0 bridgehead atoms. The second-order valence-electron chi connectivity index (χ2n) is 4.76. The van der Waals surface area contributed by atoms with E-state index in [0.717, 1.165) is 5.56 Å². The first-order valence-corrected chi connectivity index (χ1v) is 6.92. The summed E-state index contributed by atoms with van der Waals surface area (Å²) in [7, 11) is 1.61. The van der Waals surface area contributed by atoms with E-state index in [1.54, 1.807) is 13.4 Å². The summed E-state index contributed by atoms with van der Waals surface area (Å²) < 4.78 is 12.3. The van der Waals surface area contributed by atoms with Crippen molar-refractivity contribution in [2.75, 3.05) is 26.1 Å². The van der Waals surface area contributed by atoms with Crippen molar-refractivity contribution >= 4 is 17.0 Å². The SMILES string of the molecule is COCCOc1nc(N)c2ncn(Cc3ccccc3)c2n1. The minimum atomic E-state index is 0.233. The number of benzene rings is 1. The van der Waals surface area contributed by atoms with Crippen molar-refractivity contribution in [2.45, 2.75) is 6.54 Å². The Bertz CT molecular complexity index is 757. The summed E-state index contributed by atoms with van der Waals surface area (Å²) in [5.41, 5.74) is 8.32. The number of ether oxygens (including phenoxy) is 2. The van der Waals surface area contributed by atoms with Crippen molar-refractivity contribution in [1.82, 2.24) is 19.5 Å². The number of aromatic nitrogens is 4. The molecule has 0 radical (unpaired) electrons. The predicted octanol–water partition coefficient (Wildman–Crippen LogP) is 1.48. The van der Waals surface area contributed by atoms with E-state index < -0.39 is 0 Å². The van der Waals surface area contributed by atoms with Crippen molar-refractivity contribution in [2.24, 2.45) is 0 Å². The molecular formula is C15H17N5O2. The van der Waals surface area contributed by atoms with Gasteiger partial charge in [0, 0.05) is 7.11 Å². The van der Waals surface area contributed by atoms with E-state index in [9.17, 15) is 0 Å². The van der Waals surface area contributed by atoms with Gasteiger partial charge in [-0.15, -0.1) is 0 Å². The third-order valence-electron chi connectivity index (χ3n) is 3.18. The fourth-order valence-electron chi connectivity index (χ4n) is 2.12. The lowest BCUT2D eigenvalue weighted by Gasteiger charge is -2.07. The Morgan fingerprint density at radius 2 is 1.95 bits per heavy atom. The summed E-state index contributed by atoms with van der Waals surface area (Å²) in [6.45, 7) is 1.49. The lowest BCUT2D eigenvalue weighted by molar-refractivity contribution is 0.141. The van der Waals surface area contributed by atoms with Crippen LogP contribution in [-0.2, 0) is 11.3 Å². The Morgan fingerprint density at radius 1 is 1.14 bits per heavy atom. The first kappa shape index (κ1) is 14.3. The Labute approximate surface area is 127 Å². The molecule has 0 spiro atoms. The summed E-state index contributed by atoms with van der Waals surface area (Å²) in [5, 5.41) is 0. The van der Waals surface area contributed by atoms with Gasteiger partial charge in [-0.25, -0.2) is 4.98 Å². The molecule has 0 unspecified atom stereocenters. The van der Waals surface area contributed by atoms with Crippen LogP contribution in [0.4, 0.5) is 5.82 Å². The molecule has 3 rings (SSSR count). The van der Waals surface area contributed by atoms with E-state index in [-0.39, 0.29) is 6.01 Å². The number of fused-ring (bicyclic) bond motifs is 1. The molecule has 2 aromatic heterocycles. The first-order chi connectivity index (χ1) is 10.8. The normalized spacial score (nSPS) is 11.0. The van der Waals surface area contributed by atoms with Crippen molar-refractivity contribution in [3.8, 4) is 6.01 Å². The average molecular weight is 299 g/mol. The largest absolute Gasteiger partial charge is 0.461 e. The summed E-state index contributed by atoms with van der Waals surface area (Å²) >= 11 is 0. The molecule has 2 N–H and O–H groups in total. The van der Waals surface area contributed by atoms with Crippen molar-refractivity contribution in [3.05, 3.63) is 42.2 Å². The van der Waals surface area contributed by atoms with E-state index in [1.165, 1.54) is 0 Å². The number of rotatable bonds is 6. The van der Waals surface area contributed by atoms with E-state index >= 15 is 0 Å². The van der Waals surface area contributed by atoms with Crippen LogP contribution in [0.15, 0.2) is 36.7 Å². The van der Waals surface area contributed by atoms with Crippen molar-refractivity contribution in [1.29, 1.82) is 0 Å². The standard InChI is InChI=1S/C15H17N5O2/c1-21-7-8-22-15-18-13(16)12-14(19-15)20(10-17-12)9-11-5-3-2-4-6-11/h2-6,10H,7-9H2,1H3,(H2,16,18,19). The molecule has 0 aliphatic carbocycles. The third kappa shape index (κ3) is 2.99. The number of nitrogens with zero attached hydrogens (tertiary/aromatic N) is 4. The maximum Gasteiger partial charge on any atom is 0.320 e. The first-order valence-electron chi connectivity index (χ1n) is 6.92. The molecule has 0 saturated heterocycles. The molecule has 7 nitrogen and oxygen atoms in total. The van der Waals surface area contributed by atoms with E-state index in [1.807, 2.05) is 34.9 Å². The van der Waals surface area contributed by atoms with Crippen LogP contribution < -0.4 is 10.5 Å². The molecule has 0 aliphatic heterocycles. The van der Waals surface area contributed by atoms with Crippen LogP contribution >= 0.6 is 0 Å². The van der Waals surface area contributed by atoms with Gasteiger partial charge in [0.25, 0.3) is 0 Å². The van der Waals surface area contributed by atoms with Gasteiger partial charge in [0.05, 0.1) is 19.5 Å². The van der Waals surface area contributed by atoms with Gasteiger partial charge in [-0.1, -0.05) is 30.3 Å². The van der Waals surface area contributed by atoms with Crippen LogP contribution in [0.3, 0.4) is 0 Å². The number of hydrogen-bond acceptors (Lipinski definition) is 6. The summed E-state index contributed by atoms with van der Waals surface area (Å²) in [6, 6.07) is 10.3. The van der Waals surface area contributed by atoms with Gasteiger partial charge < -0.3 is 19.8 Å². The molecule has 0 fully saturated rings. The quantitative estimate of drug-likeness (QED) is 0.694. The zero-order valence-electron chi connectivity index (χ0n) is 12.3. The van der Waals surface area contributed by atoms with Crippen LogP contribution in [0.5, 0.6) is 6.01 Å². The van der Waals surface area contributed by atoms with Crippen LogP contribution in [0.2, 0.25) is 0 Å². The van der Waals surface area contributed by atoms with Gasteiger partial charge >= 0.3 is 6.01 Å². The van der Waals surface area contributed by atoms with Gasteiger partial charge in [0.15, 0.2) is 17.0 Å². The molecule has 7 heteroatoms. The molecule has 0 aliphatic rings. The summed E-state index contributed by atoms with van der Waals surface area (Å²) in [6.07, 6.45) is 1.71. The van der Waals surface area contributed by atoms with Gasteiger partial charge in [-0.2, -0.15) is 9.97 Å². The van der Waals surface area contributed by atoms with Crippen LogP contribution in [0.25, 0.3) is 11.2 Å². The Balaban J connectivity index is 1.90. The van der Waals surface area contributed by atoms with Crippen LogP contribution in [0.1, 0.15) is 5.56 Å². The second kappa shape index (κ2) is 6.40. The number of hydrogen-bond donors (Lipinski definition) is 1. The zero-order valence-corrected chi connectivity index (χ0v) is 12.3. The number of imidazole rings is 1. The van der Waals surface area contributed by atoms with Crippen LogP contribution in [-0.4, -0.2) is 39.8 Å². The molecule has 114 valence electrons. The van der Waals surface area contributed by atoms with Gasteiger partial charge in [-0.05, 0) is 5.56 Å². The fraction of sp³-hybridized carbons (Fsp3) is 0.267. The van der Waals surface area contributed by atoms with Crippen molar-refractivity contribution in [3.63, 3.8) is 0 Å². The Kier molecular flexibility index (Phi) is 4.15. The minimum absolute atomic E-state index is 0.233. The highest BCUT2D eigenvalue weighted by Crippen LogP contribution is 2.20. The molecule has 1 aromatic carbocycles. The topological polar surface area (TPSA) is 88.1 Å². The maximum absolute atomic E-state index is 5.93. The number of anilines is 1. The molecule has 0 amide bonds. The van der Waals surface area contributed by atoms with Crippen LogP contribution in [0, 0.1) is 0 Å². The zero-order chi connectivity index (χ0) is 15.4. The Morgan fingerprint density at radius 3 is 2.73 bits per heavy atom. The smallest absolute Gasteiger partial charge is 0.320 e. The molecule has 2 heterocycles. The van der Waals surface area contributed by atoms with Gasteiger partial charge in [0.1, 0.15) is 6.61 Å². The maximum atomic E-state index is 5.93. The highest BCUT2D eigenvalue weighted by molar-refractivity contribution is 5.81. The molecular weight excluding hydrogens is 282 g/mol. The predicted molar refractivity (Wildman–Crippen MR) is 82.7 cm³/mol. The number of methoxy groups -OCH3 is 1. The van der Waals surface area contributed by atoms with E-state index in [0.29, 0.717) is 36.7 Å². The summed E-state index contributed by atoms with van der Waals surface area (Å²) in [5.74, 6) is 0.309. The average Bonchev–Trinajstić information content (AvgIpc) is 2.92. The third-order valence-corrected chi connectivity index (χ3v) is 3.18.